The summed E-state index contributed by atoms with van der Waals surface area (Å²) in [5.41, 5.74) is -0.882. The Morgan fingerprint density at radius 3 is 2.40 bits per heavy atom. The minimum Gasteiger partial charge on any atom is -0.392 e. The summed E-state index contributed by atoms with van der Waals surface area (Å²) >= 11 is 0. The van der Waals surface area contributed by atoms with Crippen LogP contribution in [0.25, 0.3) is 0 Å². The van der Waals surface area contributed by atoms with Crippen LogP contribution in [0.3, 0.4) is 0 Å². The lowest BCUT2D eigenvalue weighted by atomic mass is 9.99. The Morgan fingerprint density at radius 1 is 1.40 bits per heavy atom. The normalized spacial score (nSPS) is 11.2. The van der Waals surface area contributed by atoms with Crippen LogP contribution in [0.5, 0.6) is 0 Å². The molecule has 0 unspecified atom stereocenters. The molecule has 0 saturated carbocycles. The van der Waals surface area contributed by atoms with E-state index in [1.807, 2.05) is 0 Å². The van der Waals surface area contributed by atoms with Gasteiger partial charge in [-0.3, -0.25) is 0 Å². The molecule has 1 rings (SSSR count). The Labute approximate surface area is 84.6 Å². The molecule has 0 saturated heterocycles. The van der Waals surface area contributed by atoms with E-state index in [-0.39, 0.29) is 16.7 Å². The van der Waals surface area contributed by atoms with E-state index in [1.54, 1.807) is 6.07 Å². The number of nitriles is 1. The second-order valence-electron chi connectivity index (χ2n) is 3.08. The maximum Gasteiger partial charge on any atom is 0.416 e. The summed E-state index contributed by atoms with van der Waals surface area (Å²) in [6.07, 6.45) is -4.50. The third-order valence-electron chi connectivity index (χ3n) is 2.12. The highest BCUT2D eigenvalue weighted by molar-refractivity contribution is 5.44. The van der Waals surface area contributed by atoms with Crippen molar-refractivity contribution in [2.24, 2.45) is 0 Å². The lowest BCUT2D eigenvalue weighted by Gasteiger charge is -2.13. The van der Waals surface area contributed by atoms with Crippen molar-refractivity contribution in [3.05, 3.63) is 34.4 Å². The van der Waals surface area contributed by atoms with Crippen LogP contribution in [0.15, 0.2) is 12.1 Å². The second kappa shape index (κ2) is 3.91. The van der Waals surface area contributed by atoms with Crippen LogP contribution in [-0.4, -0.2) is 5.11 Å². The number of hydrogen-bond donors (Lipinski definition) is 1. The van der Waals surface area contributed by atoms with E-state index in [0.717, 1.165) is 6.07 Å². The van der Waals surface area contributed by atoms with Crippen molar-refractivity contribution in [3.8, 4) is 6.07 Å². The average molecular weight is 215 g/mol. The van der Waals surface area contributed by atoms with Crippen LogP contribution in [-0.2, 0) is 12.8 Å². The van der Waals surface area contributed by atoms with Gasteiger partial charge in [-0.1, -0.05) is 0 Å². The van der Waals surface area contributed by atoms with E-state index in [1.165, 1.54) is 13.0 Å². The van der Waals surface area contributed by atoms with Crippen LogP contribution in [0.1, 0.15) is 22.3 Å². The highest BCUT2D eigenvalue weighted by atomic mass is 19.4. The molecule has 0 bridgehead atoms. The maximum absolute atomic E-state index is 12.5. The van der Waals surface area contributed by atoms with Crippen molar-refractivity contribution in [1.82, 2.24) is 0 Å². The highest BCUT2D eigenvalue weighted by Gasteiger charge is 2.33. The Morgan fingerprint density at radius 2 is 2.00 bits per heavy atom. The van der Waals surface area contributed by atoms with Gasteiger partial charge in [-0.25, -0.2) is 0 Å². The molecule has 0 atom stereocenters. The van der Waals surface area contributed by atoms with Gasteiger partial charge in [-0.05, 0) is 30.2 Å². The van der Waals surface area contributed by atoms with Crippen molar-refractivity contribution in [2.75, 3.05) is 0 Å². The first-order valence-corrected chi connectivity index (χ1v) is 4.12. The summed E-state index contributed by atoms with van der Waals surface area (Å²) in [6, 6.07) is 3.67. The summed E-state index contributed by atoms with van der Waals surface area (Å²) in [5.74, 6) is 0. The number of alkyl halides is 3. The molecule has 1 N–H and O–H groups in total. The molecule has 1 aromatic rings. The molecule has 0 aromatic heterocycles. The van der Waals surface area contributed by atoms with Gasteiger partial charge in [0.15, 0.2) is 0 Å². The predicted molar refractivity (Wildman–Crippen MR) is 46.8 cm³/mol. The Kier molecular flexibility index (Phi) is 3.01. The molecule has 0 radical (unpaired) electrons. The summed E-state index contributed by atoms with van der Waals surface area (Å²) < 4.78 is 37.5. The molecule has 2 nitrogen and oxygen atoms in total. The second-order valence-corrected chi connectivity index (χ2v) is 3.08. The van der Waals surface area contributed by atoms with E-state index in [2.05, 4.69) is 0 Å². The number of hydrogen-bond acceptors (Lipinski definition) is 2. The first-order chi connectivity index (χ1) is 6.90. The van der Waals surface area contributed by atoms with Gasteiger partial charge < -0.3 is 5.11 Å². The smallest absolute Gasteiger partial charge is 0.392 e. The minimum atomic E-state index is -4.50. The largest absolute Gasteiger partial charge is 0.416 e. The quantitative estimate of drug-likeness (QED) is 0.781. The van der Waals surface area contributed by atoms with E-state index < -0.39 is 18.3 Å². The van der Waals surface area contributed by atoms with Crippen molar-refractivity contribution >= 4 is 0 Å². The van der Waals surface area contributed by atoms with Gasteiger partial charge >= 0.3 is 6.18 Å². The number of aliphatic hydroxyl groups is 1. The Hall–Kier alpha value is -1.54. The molecular weight excluding hydrogens is 207 g/mol. The summed E-state index contributed by atoms with van der Waals surface area (Å²) in [5, 5.41) is 17.4. The van der Waals surface area contributed by atoms with Crippen molar-refractivity contribution in [3.63, 3.8) is 0 Å². The summed E-state index contributed by atoms with van der Waals surface area (Å²) in [7, 11) is 0. The zero-order valence-electron chi connectivity index (χ0n) is 7.89. The molecule has 0 heterocycles. The first kappa shape index (κ1) is 11.5. The number of aliphatic hydroxyl groups excluding tert-OH is 1. The van der Waals surface area contributed by atoms with Gasteiger partial charge in [0.05, 0.1) is 23.8 Å². The van der Waals surface area contributed by atoms with Crippen LogP contribution >= 0.6 is 0 Å². The van der Waals surface area contributed by atoms with Crippen molar-refractivity contribution in [1.29, 1.82) is 5.26 Å². The van der Waals surface area contributed by atoms with Gasteiger partial charge in [-0.2, -0.15) is 18.4 Å². The third kappa shape index (κ3) is 2.28. The SMILES string of the molecule is Cc1c(CO)cc(C#N)cc1C(F)(F)F. The number of benzene rings is 1. The Bertz CT molecular complexity index is 418. The third-order valence-corrected chi connectivity index (χ3v) is 2.12. The van der Waals surface area contributed by atoms with E-state index in [4.69, 9.17) is 10.4 Å². The zero-order valence-corrected chi connectivity index (χ0v) is 7.89. The fourth-order valence-corrected chi connectivity index (χ4v) is 1.30. The zero-order chi connectivity index (χ0) is 11.6. The van der Waals surface area contributed by atoms with E-state index >= 15 is 0 Å². The standard InChI is InChI=1S/C10H8F3NO/c1-6-8(5-15)2-7(4-14)3-9(6)10(11,12)13/h2-3,15H,5H2,1H3. The molecule has 0 fully saturated rings. The fraction of sp³-hybridized carbons (Fsp3) is 0.300. The predicted octanol–water partition coefficient (Wildman–Crippen LogP) is 2.38. The fourth-order valence-electron chi connectivity index (χ4n) is 1.30. The van der Waals surface area contributed by atoms with Crippen LogP contribution < -0.4 is 0 Å². The lowest BCUT2D eigenvalue weighted by molar-refractivity contribution is -0.138. The molecule has 0 amide bonds. The van der Waals surface area contributed by atoms with E-state index in [9.17, 15) is 13.2 Å². The monoisotopic (exact) mass is 215 g/mol. The van der Waals surface area contributed by atoms with E-state index in [0.29, 0.717) is 0 Å². The average Bonchev–Trinajstić information content (AvgIpc) is 2.16. The molecule has 0 aliphatic rings. The molecular formula is C10H8F3NO. The van der Waals surface area contributed by atoms with Gasteiger partial charge in [0.2, 0.25) is 0 Å². The highest BCUT2D eigenvalue weighted by Crippen LogP contribution is 2.33. The molecule has 1 aromatic carbocycles. The molecule has 5 heteroatoms. The minimum absolute atomic E-state index is 0.0380. The van der Waals surface area contributed by atoms with Gasteiger partial charge in [0, 0.05) is 0 Å². The van der Waals surface area contributed by atoms with Gasteiger partial charge in [-0.15, -0.1) is 0 Å². The lowest BCUT2D eigenvalue weighted by Crippen LogP contribution is -2.10. The molecule has 0 aliphatic carbocycles. The Balaban J connectivity index is 3.46. The van der Waals surface area contributed by atoms with Crippen LogP contribution in [0.2, 0.25) is 0 Å². The number of halogens is 3. The first-order valence-electron chi connectivity index (χ1n) is 4.12. The number of nitrogens with zero attached hydrogens (tertiary/aromatic N) is 1. The van der Waals surface area contributed by atoms with Crippen LogP contribution in [0.4, 0.5) is 13.2 Å². The number of rotatable bonds is 1. The molecule has 15 heavy (non-hydrogen) atoms. The van der Waals surface area contributed by atoms with Crippen molar-refractivity contribution < 1.29 is 18.3 Å². The summed E-state index contributed by atoms with van der Waals surface area (Å²) in [4.78, 5) is 0. The molecule has 80 valence electrons. The summed E-state index contributed by atoms with van der Waals surface area (Å²) in [6.45, 7) is 0.764. The molecule has 0 spiro atoms. The van der Waals surface area contributed by atoms with Gasteiger partial charge in [0.1, 0.15) is 0 Å². The van der Waals surface area contributed by atoms with Crippen LogP contribution in [0, 0.1) is 18.3 Å². The van der Waals surface area contributed by atoms with Gasteiger partial charge in [0.25, 0.3) is 0 Å². The van der Waals surface area contributed by atoms with Crippen molar-refractivity contribution in [2.45, 2.75) is 19.7 Å². The molecule has 0 aliphatic heterocycles. The topological polar surface area (TPSA) is 44.0 Å². The maximum atomic E-state index is 12.5.